The van der Waals surface area contributed by atoms with Crippen molar-refractivity contribution in [2.24, 2.45) is 17.3 Å². The van der Waals surface area contributed by atoms with Gasteiger partial charge >= 0.3 is 0 Å². The summed E-state index contributed by atoms with van der Waals surface area (Å²) in [4.78, 5) is 2.61. The Morgan fingerprint density at radius 2 is 1.53 bits per heavy atom. The second kappa shape index (κ2) is 16.3. The van der Waals surface area contributed by atoms with Crippen LogP contribution in [0.4, 0.5) is 11.4 Å². The number of allylic oxidation sites excluding steroid dienone is 20. The number of para-hydroxylation sites is 2. The summed E-state index contributed by atoms with van der Waals surface area (Å²) in [5.41, 5.74) is 21.8. The third kappa shape index (κ3) is 6.33. The first-order valence-corrected chi connectivity index (χ1v) is 24.6. The van der Waals surface area contributed by atoms with Crippen LogP contribution in [-0.4, -0.2) is 10.1 Å². The van der Waals surface area contributed by atoms with Crippen LogP contribution in [0.1, 0.15) is 58.9 Å². The monoisotopic (exact) mass is 876 g/mol. The second-order valence-corrected chi connectivity index (χ2v) is 19.8. The van der Waals surface area contributed by atoms with Gasteiger partial charge in [-0.25, -0.2) is 0 Å². The average molecular weight is 877 g/mol. The van der Waals surface area contributed by atoms with E-state index in [0.717, 1.165) is 48.2 Å². The van der Waals surface area contributed by atoms with E-state index in [1.807, 2.05) is 6.08 Å². The number of fused-ring (bicyclic) bond motifs is 10. The van der Waals surface area contributed by atoms with E-state index >= 15 is 0 Å². The lowest BCUT2D eigenvalue weighted by Crippen LogP contribution is -2.44. The number of terminal acetylenes is 1. The van der Waals surface area contributed by atoms with Gasteiger partial charge < -0.3 is 9.47 Å². The average Bonchev–Trinajstić information content (AvgIpc) is 3.85. The topological polar surface area (TPSA) is 8.17 Å². The molecule has 0 saturated heterocycles. The molecule has 0 aliphatic heterocycles. The summed E-state index contributed by atoms with van der Waals surface area (Å²) in [6, 6.07) is 44.9. The Labute approximate surface area is 402 Å². The molecule has 0 saturated carbocycles. The summed E-state index contributed by atoms with van der Waals surface area (Å²) in [7, 11) is 0. The molecular formula is C66H56N2. The summed E-state index contributed by atoms with van der Waals surface area (Å²) in [6.07, 6.45) is 40.1. The molecule has 1 heterocycles. The third-order valence-electron chi connectivity index (χ3n) is 15.7. The third-order valence-corrected chi connectivity index (χ3v) is 15.7. The first kappa shape index (κ1) is 41.8. The zero-order valence-electron chi connectivity index (χ0n) is 39.5. The zero-order chi connectivity index (χ0) is 46.1. The molecule has 0 radical (unpaired) electrons. The normalized spacial score (nSPS) is 23.8. The minimum absolute atomic E-state index is 0.333. The van der Waals surface area contributed by atoms with Crippen LogP contribution < -0.4 is 4.90 Å². The lowest BCUT2D eigenvalue weighted by Gasteiger charge is -2.45. The molecule has 12 rings (SSSR count). The number of hydrogen-bond donors (Lipinski definition) is 0. The van der Waals surface area contributed by atoms with Gasteiger partial charge in [0.15, 0.2) is 0 Å². The smallest absolute Gasteiger partial charge is 0.0682 e. The summed E-state index contributed by atoms with van der Waals surface area (Å²) < 4.78 is 2.39. The predicted molar refractivity (Wildman–Crippen MR) is 288 cm³/mol. The van der Waals surface area contributed by atoms with Crippen molar-refractivity contribution >= 4 is 38.8 Å². The molecule has 2 unspecified atom stereocenters. The second-order valence-electron chi connectivity index (χ2n) is 19.8. The molecule has 6 aliphatic rings. The van der Waals surface area contributed by atoms with Crippen molar-refractivity contribution in [1.82, 2.24) is 4.57 Å². The van der Waals surface area contributed by atoms with Crippen molar-refractivity contribution in [2.75, 3.05) is 4.90 Å². The Morgan fingerprint density at radius 3 is 2.32 bits per heavy atom. The summed E-state index contributed by atoms with van der Waals surface area (Å²) >= 11 is 0. The minimum Gasteiger partial charge on any atom is -0.332 e. The Bertz CT molecular complexity index is 3480. The first-order valence-electron chi connectivity index (χ1n) is 24.6. The lowest BCUT2D eigenvalue weighted by molar-refractivity contribution is 0.543. The van der Waals surface area contributed by atoms with E-state index in [2.05, 4.69) is 231 Å². The van der Waals surface area contributed by atoms with E-state index in [9.17, 15) is 0 Å². The molecule has 4 atom stereocenters. The molecule has 68 heavy (non-hydrogen) atoms. The van der Waals surface area contributed by atoms with Crippen molar-refractivity contribution < 1.29 is 0 Å². The fraction of sp³-hybridized carbons (Fsp3) is 0.182. The van der Waals surface area contributed by atoms with E-state index in [0.29, 0.717) is 11.8 Å². The highest BCUT2D eigenvalue weighted by molar-refractivity contribution is 6.10. The van der Waals surface area contributed by atoms with Crippen LogP contribution >= 0.6 is 0 Å². The van der Waals surface area contributed by atoms with Crippen molar-refractivity contribution in [2.45, 2.75) is 58.9 Å². The van der Waals surface area contributed by atoms with Gasteiger partial charge in [0, 0.05) is 27.8 Å². The number of nitrogens with zero attached hydrogens (tertiary/aromatic N) is 2. The van der Waals surface area contributed by atoms with Gasteiger partial charge in [-0.1, -0.05) is 153 Å². The maximum absolute atomic E-state index is 5.66. The molecule has 1 aromatic heterocycles. The quantitative estimate of drug-likeness (QED) is 0.115. The van der Waals surface area contributed by atoms with E-state index in [4.69, 9.17) is 6.42 Å². The molecule has 0 amide bonds. The fourth-order valence-electron chi connectivity index (χ4n) is 12.7. The van der Waals surface area contributed by atoms with Crippen molar-refractivity contribution in [3.05, 3.63) is 250 Å². The van der Waals surface area contributed by atoms with Gasteiger partial charge in [0.25, 0.3) is 0 Å². The summed E-state index contributed by atoms with van der Waals surface area (Å²) in [5.74, 6) is 3.62. The Kier molecular flexibility index (Phi) is 10.0. The molecule has 330 valence electrons. The fourth-order valence-corrected chi connectivity index (χ4v) is 12.7. The van der Waals surface area contributed by atoms with Crippen LogP contribution in [0.15, 0.2) is 245 Å². The SMILES string of the molecule is C#C/C=C\C(=C/C)c1ccc(N(c2ccc(-c3ccc4c(c3)c3ccccc3n4-c3ccccc3)cc2)[C@]2(C)C=C3C(=CC2)C2=C(C=CC(C)C2)[C@@]32C3=C(C4=C2CC=CC=C4)C(C)CC=C3)cc1. The zero-order valence-corrected chi connectivity index (χ0v) is 39.5. The molecule has 6 aliphatic carbocycles. The van der Waals surface area contributed by atoms with Gasteiger partial charge in [-0.3, -0.25) is 0 Å². The molecule has 2 nitrogen and oxygen atoms in total. The summed E-state index contributed by atoms with van der Waals surface area (Å²) in [5, 5.41) is 2.51. The standard InChI is InChI=1S/C66H56N2/c1-6-8-19-46(7-2)47-28-33-51(34-29-47)68(52-35-30-48(31-36-52)49-32-38-63-57(42-49)54-22-15-16-26-62(54)67(63)50-20-11-9-12-21-50)65(5)40-39-53-56-41-44(3)27-37-59(56)66(61(53)43-65)58-24-14-10-13-23-55(58)64-45(4)18-17-25-60(64)66/h1,7-17,19-23,25-39,42-45H,18,24,40-41H2,2-5H3/b19-8-,46-7+/t44?,45?,65-,66-/m0/s1. The predicted octanol–water partition coefficient (Wildman–Crippen LogP) is 16.8. The van der Waals surface area contributed by atoms with E-state index in [-0.39, 0.29) is 5.41 Å². The number of hydrogen-bond acceptors (Lipinski definition) is 1. The first-order chi connectivity index (χ1) is 33.3. The van der Waals surface area contributed by atoms with Crippen LogP contribution in [0.3, 0.4) is 0 Å². The molecule has 0 fully saturated rings. The largest absolute Gasteiger partial charge is 0.332 e. The highest BCUT2D eigenvalue weighted by atomic mass is 15.2. The minimum atomic E-state index is -0.409. The van der Waals surface area contributed by atoms with Crippen LogP contribution in [0.5, 0.6) is 0 Å². The molecule has 0 N–H and O–H groups in total. The Balaban J connectivity index is 1.01. The van der Waals surface area contributed by atoms with E-state index in [1.165, 1.54) is 66.5 Å². The van der Waals surface area contributed by atoms with Crippen molar-refractivity contribution in [3.8, 4) is 29.2 Å². The molecular weight excluding hydrogens is 821 g/mol. The van der Waals surface area contributed by atoms with Gasteiger partial charge in [-0.15, -0.1) is 6.42 Å². The van der Waals surface area contributed by atoms with E-state index < -0.39 is 5.54 Å². The lowest BCUT2D eigenvalue weighted by atomic mass is 9.63. The van der Waals surface area contributed by atoms with Gasteiger partial charge in [0.1, 0.15) is 0 Å². The number of anilines is 2. The maximum Gasteiger partial charge on any atom is 0.0682 e. The highest BCUT2D eigenvalue weighted by Gasteiger charge is 2.57. The van der Waals surface area contributed by atoms with Crippen LogP contribution in [0.25, 0.3) is 44.2 Å². The Morgan fingerprint density at radius 1 is 0.779 bits per heavy atom. The van der Waals surface area contributed by atoms with Crippen LogP contribution in [0.2, 0.25) is 0 Å². The highest BCUT2D eigenvalue weighted by Crippen LogP contribution is 2.69. The Hall–Kier alpha value is -7.60. The van der Waals surface area contributed by atoms with Crippen molar-refractivity contribution in [1.29, 1.82) is 0 Å². The van der Waals surface area contributed by atoms with Crippen LogP contribution in [0, 0.1) is 29.6 Å². The van der Waals surface area contributed by atoms with Gasteiger partial charge in [-0.2, -0.15) is 0 Å². The number of benzene rings is 5. The number of rotatable bonds is 7. The van der Waals surface area contributed by atoms with Crippen molar-refractivity contribution in [3.63, 3.8) is 0 Å². The summed E-state index contributed by atoms with van der Waals surface area (Å²) in [6.45, 7) is 9.35. The number of aromatic nitrogens is 1. The molecule has 5 aromatic carbocycles. The van der Waals surface area contributed by atoms with Crippen LogP contribution in [-0.2, 0) is 0 Å². The van der Waals surface area contributed by atoms with Gasteiger partial charge in [0.2, 0.25) is 0 Å². The molecule has 6 aromatic rings. The maximum atomic E-state index is 5.66. The van der Waals surface area contributed by atoms with Gasteiger partial charge in [0.05, 0.1) is 22.0 Å². The van der Waals surface area contributed by atoms with Gasteiger partial charge in [-0.05, 0) is 185 Å². The molecule has 1 spiro atoms. The molecule has 2 heteroatoms. The van der Waals surface area contributed by atoms with E-state index in [1.54, 1.807) is 22.8 Å². The molecule has 0 bridgehead atoms.